The van der Waals surface area contributed by atoms with Gasteiger partial charge in [-0.15, -0.1) is 0 Å². The summed E-state index contributed by atoms with van der Waals surface area (Å²) in [5.41, 5.74) is 7.26. The first kappa shape index (κ1) is 19.5. The second kappa shape index (κ2) is 6.90. The lowest BCUT2D eigenvalue weighted by atomic mass is 10.2. The van der Waals surface area contributed by atoms with E-state index in [-0.39, 0.29) is 17.1 Å². The molecule has 0 radical (unpaired) electrons. The summed E-state index contributed by atoms with van der Waals surface area (Å²) < 4.78 is 28.2. The molecule has 3 aromatic rings. The van der Waals surface area contributed by atoms with Gasteiger partial charge in [0.05, 0.1) is 6.26 Å². The molecular formula is C19H22N5O4S+. The number of benzene rings is 1. The highest BCUT2D eigenvalue weighted by molar-refractivity contribution is 7.86. The zero-order valence-electron chi connectivity index (χ0n) is 16.1. The van der Waals surface area contributed by atoms with Crippen LogP contribution in [0.4, 0.5) is 10.6 Å². The van der Waals surface area contributed by atoms with Crippen LogP contribution in [0.5, 0.6) is 0 Å². The average Bonchev–Trinajstić information content (AvgIpc) is 3.24. The molecule has 152 valence electrons. The van der Waals surface area contributed by atoms with Crippen molar-refractivity contribution in [3.05, 3.63) is 42.6 Å². The Balaban J connectivity index is 1.91. The van der Waals surface area contributed by atoms with Gasteiger partial charge in [0.25, 0.3) is 10.1 Å². The summed E-state index contributed by atoms with van der Waals surface area (Å²) in [6, 6.07) is 10.3. The van der Waals surface area contributed by atoms with E-state index in [4.69, 9.17) is 14.9 Å². The van der Waals surface area contributed by atoms with Crippen LogP contribution in [0.15, 0.2) is 42.6 Å². The highest BCUT2D eigenvalue weighted by Crippen LogP contribution is 2.39. The van der Waals surface area contributed by atoms with E-state index >= 15 is 0 Å². The van der Waals surface area contributed by atoms with Crippen molar-refractivity contribution in [1.82, 2.24) is 19.4 Å². The Morgan fingerprint density at radius 1 is 1.24 bits per heavy atom. The fourth-order valence-electron chi connectivity index (χ4n) is 4.11. The summed E-state index contributed by atoms with van der Waals surface area (Å²) in [6.45, 7) is 1.92. The highest BCUT2D eigenvalue weighted by atomic mass is 32.2. The summed E-state index contributed by atoms with van der Waals surface area (Å²) in [4.78, 5) is 25.2. The predicted molar refractivity (Wildman–Crippen MR) is 109 cm³/mol. The van der Waals surface area contributed by atoms with E-state index in [0.29, 0.717) is 29.1 Å². The summed E-state index contributed by atoms with van der Waals surface area (Å²) in [5, 5.41) is 0.662. The van der Waals surface area contributed by atoms with Crippen LogP contribution in [0.25, 0.3) is 22.4 Å². The van der Waals surface area contributed by atoms with Gasteiger partial charge in [0.2, 0.25) is 5.82 Å². The lowest BCUT2D eigenvalue weighted by molar-refractivity contribution is 0.191. The van der Waals surface area contributed by atoms with E-state index in [1.807, 2.05) is 37.3 Å². The molecule has 2 amide bonds. The van der Waals surface area contributed by atoms with E-state index in [2.05, 4.69) is 9.97 Å². The number of carbonyl (C=O) groups excluding carboxylic acids is 1. The standard InChI is InChI=1S/C19H21N5O4S/c1-12-10-14(28-29(2,26)27)11-24(12,19(20)25)18-15-8-9-21-17(15)22-16(23-18)13-6-4-3-5-7-13/h3-9,12,14H,10-11H2,1-2H3,(H2-,20,21,22,23,25)/p+1/t12-,14+,24?/m1/s1. The number of fused-ring (bicyclic) bond motifs is 1. The number of rotatable bonds is 4. The molecule has 10 heteroatoms. The third-order valence-electron chi connectivity index (χ3n) is 5.36. The Morgan fingerprint density at radius 2 is 1.97 bits per heavy atom. The molecule has 0 saturated carbocycles. The Hall–Kier alpha value is -2.82. The van der Waals surface area contributed by atoms with E-state index < -0.39 is 22.3 Å². The van der Waals surface area contributed by atoms with Crippen LogP contribution in [0.3, 0.4) is 0 Å². The minimum absolute atomic E-state index is 0.0785. The minimum atomic E-state index is -3.67. The summed E-state index contributed by atoms with van der Waals surface area (Å²) >= 11 is 0. The molecule has 1 aliphatic rings. The number of aromatic amines is 1. The van der Waals surface area contributed by atoms with Gasteiger partial charge in [-0.25, -0.2) is 9.78 Å². The van der Waals surface area contributed by atoms with Crippen molar-refractivity contribution < 1.29 is 17.4 Å². The minimum Gasteiger partial charge on any atom is -0.346 e. The average molecular weight is 416 g/mol. The van der Waals surface area contributed by atoms with Crippen molar-refractivity contribution in [2.75, 3.05) is 12.8 Å². The maximum absolute atomic E-state index is 12.8. The Kier molecular flexibility index (Phi) is 4.64. The number of likely N-dealkylation sites (tertiary alicyclic amines) is 1. The molecule has 1 unspecified atom stereocenters. The largest absolute Gasteiger partial charge is 0.420 e. The molecule has 9 nitrogen and oxygen atoms in total. The van der Waals surface area contributed by atoms with Crippen LogP contribution in [0, 0.1) is 0 Å². The third kappa shape index (κ3) is 3.39. The maximum Gasteiger partial charge on any atom is 0.420 e. The van der Waals surface area contributed by atoms with Gasteiger partial charge in [0.15, 0.2) is 5.82 Å². The van der Waals surface area contributed by atoms with E-state index in [1.165, 1.54) is 0 Å². The van der Waals surface area contributed by atoms with Crippen molar-refractivity contribution in [2.45, 2.75) is 25.5 Å². The number of hydrogen-bond acceptors (Lipinski definition) is 6. The summed E-state index contributed by atoms with van der Waals surface area (Å²) in [7, 11) is -3.67. The quantitative estimate of drug-likeness (QED) is 0.495. The number of quaternary nitrogens is 1. The van der Waals surface area contributed by atoms with Crippen LogP contribution in [0.2, 0.25) is 0 Å². The first-order chi connectivity index (χ1) is 13.7. The zero-order chi connectivity index (χ0) is 20.8. The Bertz CT molecular complexity index is 1180. The smallest absolute Gasteiger partial charge is 0.346 e. The van der Waals surface area contributed by atoms with Gasteiger partial charge >= 0.3 is 6.03 Å². The van der Waals surface area contributed by atoms with Crippen LogP contribution in [0.1, 0.15) is 13.3 Å². The molecule has 1 aliphatic heterocycles. The number of primary amides is 1. The van der Waals surface area contributed by atoms with Gasteiger partial charge in [-0.3, -0.25) is 4.18 Å². The number of nitrogens with one attached hydrogen (secondary N) is 1. The normalized spacial score (nSPS) is 24.8. The van der Waals surface area contributed by atoms with Gasteiger partial charge in [0, 0.05) is 18.2 Å². The van der Waals surface area contributed by atoms with Gasteiger partial charge in [0.1, 0.15) is 29.7 Å². The van der Waals surface area contributed by atoms with Gasteiger partial charge in [-0.05, 0) is 13.0 Å². The first-order valence-electron chi connectivity index (χ1n) is 9.18. The number of aromatic nitrogens is 3. The number of amides is 2. The van der Waals surface area contributed by atoms with Crippen molar-refractivity contribution in [3.63, 3.8) is 0 Å². The molecular weight excluding hydrogens is 394 g/mol. The molecule has 0 spiro atoms. The van der Waals surface area contributed by atoms with E-state index in [0.717, 1.165) is 11.8 Å². The summed E-state index contributed by atoms with van der Waals surface area (Å²) in [5.74, 6) is 0.892. The van der Waals surface area contributed by atoms with E-state index in [1.54, 1.807) is 12.3 Å². The first-order valence-corrected chi connectivity index (χ1v) is 11.0. The van der Waals surface area contributed by atoms with Crippen molar-refractivity contribution >= 4 is 33.0 Å². The van der Waals surface area contributed by atoms with Gasteiger partial charge < -0.3 is 10.7 Å². The Morgan fingerprint density at radius 3 is 2.62 bits per heavy atom. The predicted octanol–water partition coefficient (Wildman–Crippen LogP) is 2.15. The fraction of sp³-hybridized carbons (Fsp3) is 0.316. The molecule has 2 aromatic heterocycles. The van der Waals surface area contributed by atoms with Crippen LogP contribution in [-0.4, -0.2) is 54.3 Å². The third-order valence-corrected chi connectivity index (χ3v) is 5.98. The van der Waals surface area contributed by atoms with Crippen LogP contribution in [-0.2, 0) is 14.3 Å². The lowest BCUT2D eigenvalue weighted by Crippen LogP contribution is -2.60. The molecule has 1 fully saturated rings. The van der Waals surface area contributed by atoms with Crippen LogP contribution >= 0.6 is 0 Å². The van der Waals surface area contributed by atoms with Crippen molar-refractivity contribution in [3.8, 4) is 11.4 Å². The maximum atomic E-state index is 12.8. The molecule has 3 N–H and O–H groups in total. The molecule has 0 bridgehead atoms. The van der Waals surface area contributed by atoms with Crippen LogP contribution < -0.4 is 10.2 Å². The topological polar surface area (TPSA) is 128 Å². The molecule has 3 atom stereocenters. The SMILES string of the molecule is C[C@@H]1C[C@H](OS(C)(=O)=O)C[N+]1(C(N)=O)c1nc(-c2ccccc2)nc2[nH]ccc12. The number of nitrogens with two attached hydrogens (primary N) is 1. The molecule has 1 aromatic carbocycles. The van der Waals surface area contributed by atoms with Crippen molar-refractivity contribution in [1.29, 1.82) is 0 Å². The monoisotopic (exact) mass is 416 g/mol. The number of urea groups is 1. The molecule has 29 heavy (non-hydrogen) atoms. The number of nitrogens with zero attached hydrogens (tertiary/aromatic N) is 3. The lowest BCUT2D eigenvalue weighted by Gasteiger charge is -2.32. The van der Waals surface area contributed by atoms with E-state index in [9.17, 15) is 13.2 Å². The molecule has 4 rings (SSSR count). The number of hydrogen-bond donors (Lipinski definition) is 2. The number of H-pyrrole nitrogens is 1. The van der Waals surface area contributed by atoms with Gasteiger partial charge in [-0.1, -0.05) is 30.3 Å². The molecule has 1 saturated heterocycles. The van der Waals surface area contributed by atoms with Gasteiger partial charge in [-0.2, -0.15) is 17.9 Å². The second-order valence-electron chi connectivity index (χ2n) is 7.37. The summed E-state index contributed by atoms with van der Waals surface area (Å²) in [6.07, 6.45) is 2.40. The van der Waals surface area contributed by atoms with Crippen molar-refractivity contribution in [2.24, 2.45) is 5.73 Å². The molecule has 0 aliphatic carbocycles. The zero-order valence-corrected chi connectivity index (χ0v) is 16.9. The second-order valence-corrected chi connectivity index (χ2v) is 8.97. The fourth-order valence-corrected chi connectivity index (χ4v) is 4.74. The highest BCUT2D eigenvalue weighted by Gasteiger charge is 2.54. The molecule has 3 heterocycles. The number of carbonyl (C=O) groups is 1. The Labute approximate surface area is 168 Å².